The molecule has 5 heteroatoms. The lowest BCUT2D eigenvalue weighted by Crippen LogP contribution is -2.43. The van der Waals surface area contributed by atoms with Crippen molar-refractivity contribution in [1.82, 2.24) is 4.90 Å². The van der Waals surface area contributed by atoms with Gasteiger partial charge in [0.1, 0.15) is 0 Å². The first-order valence-corrected chi connectivity index (χ1v) is 6.90. The molecule has 4 nitrogen and oxygen atoms in total. The maximum Gasteiger partial charge on any atom is 0.156 e. The van der Waals surface area contributed by atoms with Gasteiger partial charge in [-0.25, -0.2) is 8.42 Å². The second-order valence-electron chi connectivity index (χ2n) is 4.64. The Hall–Kier alpha value is -0.130. The largest absolute Gasteiger partial charge is 0.330 e. The third-order valence-electron chi connectivity index (χ3n) is 3.37. The number of sulfone groups is 1. The lowest BCUT2D eigenvalue weighted by atomic mass is 10.1. The quantitative estimate of drug-likeness (QED) is 0.690. The smallest absolute Gasteiger partial charge is 0.156 e. The van der Waals surface area contributed by atoms with Gasteiger partial charge in [-0.15, -0.1) is 0 Å². The fraction of sp³-hybridized carbons (Fsp3) is 1.00. The van der Waals surface area contributed by atoms with Crippen LogP contribution < -0.4 is 5.73 Å². The summed E-state index contributed by atoms with van der Waals surface area (Å²) in [6, 6.07) is 0.277. The van der Waals surface area contributed by atoms with Gasteiger partial charge in [-0.1, -0.05) is 6.92 Å². The Morgan fingerprint density at radius 2 is 2.29 bits per heavy atom. The molecule has 2 bridgehead atoms. The van der Waals surface area contributed by atoms with Crippen LogP contribution in [0.4, 0.5) is 0 Å². The molecule has 14 heavy (non-hydrogen) atoms. The highest BCUT2D eigenvalue weighted by atomic mass is 32.2. The Balaban J connectivity index is 1.97. The number of rotatable bonds is 3. The molecule has 2 fully saturated rings. The van der Waals surface area contributed by atoms with Crippen LogP contribution in [0.5, 0.6) is 0 Å². The van der Waals surface area contributed by atoms with Crippen LogP contribution in [0, 0.1) is 5.92 Å². The van der Waals surface area contributed by atoms with Crippen molar-refractivity contribution in [2.45, 2.75) is 24.6 Å². The van der Waals surface area contributed by atoms with E-state index in [-0.39, 0.29) is 11.3 Å². The molecule has 2 aliphatic heterocycles. The van der Waals surface area contributed by atoms with Gasteiger partial charge in [0.25, 0.3) is 0 Å². The fourth-order valence-electron chi connectivity index (χ4n) is 2.47. The second kappa shape index (κ2) is 3.47. The van der Waals surface area contributed by atoms with Crippen LogP contribution in [-0.2, 0) is 9.84 Å². The van der Waals surface area contributed by atoms with Crippen LogP contribution in [0.15, 0.2) is 0 Å². The summed E-state index contributed by atoms with van der Waals surface area (Å²) in [5.74, 6) is 0.839. The molecule has 0 aromatic carbocycles. The zero-order valence-corrected chi connectivity index (χ0v) is 9.33. The van der Waals surface area contributed by atoms with Gasteiger partial charge in [-0.05, 0) is 18.9 Å². The number of nitrogens with zero attached hydrogens (tertiary/aromatic N) is 1. The summed E-state index contributed by atoms with van der Waals surface area (Å²) in [7, 11) is -2.74. The third-order valence-corrected chi connectivity index (χ3v) is 5.58. The minimum atomic E-state index is -2.74. The molecule has 0 aromatic rings. The molecule has 2 heterocycles. The van der Waals surface area contributed by atoms with E-state index in [1.807, 2.05) is 0 Å². The summed E-state index contributed by atoms with van der Waals surface area (Å²) >= 11 is 0. The van der Waals surface area contributed by atoms with Crippen LogP contribution in [0.2, 0.25) is 0 Å². The Morgan fingerprint density at radius 3 is 2.71 bits per heavy atom. The molecule has 0 aliphatic carbocycles. The van der Waals surface area contributed by atoms with E-state index < -0.39 is 9.84 Å². The zero-order valence-electron chi connectivity index (χ0n) is 8.52. The summed E-state index contributed by atoms with van der Waals surface area (Å²) in [5.41, 5.74) is 5.56. The Bertz CT molecular complexity index is 315. The van der Waals surface area contributed by atoms with Crippen molar-refractivity contribution >= 4 is 9.84 Å². The normalized spacial score (nSPS) is 37.6. The van der Waals surface area contributed by atoms with E-state index in [0.29, 0.717) is 18.2 Å². The number of fused-ring (bicyclic) bond motifs is 2. The maximum absolute atomic E-state index is 11.5. The average Bonchev–Trinajstić information content (AvgIpc) is 2.59. The molecule has 2 saturated heterocycles. The predicted molar refractivity (Wildman–Crippen MR) is 55.8 cm³/mol. The zero-order chi connectivity index (χ0) is 10.3. The summed E-state index contributed by atoms with van der Waals surface area (Å²) in [4.78, 5) is 2.29. The minimum absolute atomic E-state index is 0.0857. The van der Waals surface area contributed by atoms with Crippen molar-refractivity contribution < 1.29 is 8.42 Å². The van der Waals surface area contributed by atoms with E-state index in [9.17, 15) is 8.42 Å². The van der Waals surface area contributed by atoms with Gasteiger partial charge < -0.3 is 5.73 Å². The fourth-order valence-corrected chi connectivity index (χ4v) is 4.56. The van der Waals surface area contributed by atoms with Gasteiger partial charge in [0.15, 0.2) is 9.84 Å². The predicted octanol–water partition coefficient (Wildman–Crippen LogP) is -0.547. The van der Waals surface area contributed by atoms with Crippen molar-refractivity contribution in [1.29, 1.82) is 0 Å². The monoisotopic (exact) mass is 218 g/mol. The van der Waals surface area contributed by atoms with Crippen LogP contribution in [0.25, 0.3) is 0 Å². The summed E-state index contributed by atoms with van der Waals surface area (Å²) in [5, 5.41) is -0.0857. The highest BCUT2D eigenvalue weighted by Crippen LogP contribution is 2.33. The van der Waals surface area contributed by atoms with Crippen molar-refractivity contribution in [3.05, 3.63) is 0 Å². The molecule has 2 aliphatic rings. The van der Waals surface area contributed by atoms with Gasteiger partial charge in [0, 0.05) is 19.1 Å². The van der Waals surface area contributed by atoms with Crippen molar-refractivity contribution in [3.63, 3.8) is 0 Å². The van der Waals surface area contributed by atoms with Gasteiger partial charge >= 0.3 is 0 Å². The van der Waals surface area contributed by atoms with Crippen LogP contribution >= 0.6 is 0 Å². The van der Waals surface area contributed by atoms with E-state index in [1.165, 1.54) is 0 Å². The molecule has 0 radical (unpaired) electrons. The first kappa shape index (κ1) is 10.4. The number of hydrogen-bond acceptors (Lipinski definition) is 4. The highest BCUT2D eigenvalue weighted by Gasteiger charge is 2.48. The van der Waals surface area contributed by atoms with E-state index in [4.69, 9.17) is 5.73 Å². The standard InChI is InChI=1S/C9H18N2O2S/c1-7(3-10)4-11-5-9-2-8(11)6-14(9,12)13/h7-9H,2-6,10H2,1H3. The Kier molecular flexibility index (Phi) is 2.57. The van der Waals surface area contributed by atoms with Gasteiger partial charge in [-0.3, -0.25) is 4.90 Å². The van der Waals surface area contributed by atoms with Gasteiger partial charge in [0.05, 0.1) is 11.0 Å². The Labute approximate surface area is 85.4 Å². The van der Waals surface area contributed by atoms with E-state index >= 15 is 0 Å². The summed E-state index contributed by atoms with van der Waals surface area (Å²) in [6.45, 7) is 4.48. The van der Waals surface area contributed by atoms with Crippen LogP contribution in [0.3, 0.4) is 0 Å². The number of likely N-dealkylation sites (tertiary alicyclic amines) is 1. The SMILES string of the molecule is CC(CN)CN1CC2CC1CS2(=O)=O. The molecule has 0 saturated carbocycles. The molecule has 82 valence electrons. The van der Waals surface area contributed by atoms with Crippen LogP contribution in [0.1, 0.15) is 13.3 Å². The average molecular weight is 218 g/mol. The molecule has 2 N–H and O–H groups in total. The molecule has 3 unspecified atom stereocenters. The molecule has 3 atom stereocenters. The van der Waals surface area contributed by atoms with E-state index in [1.54, 1.807) is 0 Å². The summed E-state index contributed by atoms with van der Waals surface area (Å²) in [6.07, 6.45) is 0.847. The van der Waals surface area contributed by atoms with Crippen molar-refractivity contribution in [2.24, 2.45) is 11.7 Å². The molecule has 0 spiro atoms. The van der Waals surface area contributed by atoms with Crippen molar-refractivity contribution in [2.75, 3.05) is 25.4 Å². The molecular formula is C9H18N2O2S. The molecular weight excluding hydrogens is 200 g/mol. The van der Waals surface area contributed by atoms with Crippen LogP contribution in [-0.4, -0.2) is 50.0 Å². The first-order valence-electron chi connectivity index (χ1n) is 5.18. The molecule has 2 rings (SSSR count). The first-order chi connectivity index (χ1) is 6.53. The maximum atomic E-state index is 11.5. The summed E-state index contributed by atoms with van der Waals surface area (Å²) < 4.78 is 22.9. The lowest BCUT2D eigenvalue weighted by molar-refractivity contribution is 0.232. The Morgan fingerprint density at radius 1 is 1.57 bits per heavy atom. The van der Waals surface area contributed by atoms with E-state index in [0.717, 1.165) is 19.5 Å². The second-order valence-corrected chi connectivity index (χ2v) is 6.96. The number of hydrogen-bond donors (Lipinski definition) is 1. The van der Waals surface area contributed by atoms with Crippen molar-refractivity contribution in [3.8, 4) is 0 Å². The van der Waals surface area contributed by atoms with Gasteiger partial charge in [0.2, 0.25) is 0 Å². The third kappa shape index (κ3) is 1.68. The lowest BCUT2D eigenvalue weighted by Gasteiger charge is -2.28. The minimum Gasteiger partial charge on any atom is -0.330 e. The number of nitrogens with two attached hydrogens (primary N) is 1. The van der Waals surface area contributed by atoms with Gasteiger partial charge in [-0.2, -0.15) is 0 Å². The molecule has 0 amide bonds. The molecule has 0 aromatic heterocycles. The van der Waals surface area contributed by atoms with E-state index in [2.05, 4.69) is 11.8 Å². The highest BCUT2D eigenvalue weighted by molar-refractivity contribution is 7.92. The topological polar surface area (TPSA) is 63.4 Å².